The Hall–Kier alpha value is -0.910. The van der Waals surface area contributed by atoms with Crippen LogP contribution < -0.4 is 5.32 Å². The molecule has 1 fully saturated rings. The first-order valence-corrected chi connectivity index (χ1v) is 9.50. The Morgan fingerprint density at radius 3 is 2.48 bits per heavy atom. The van der Waals surface area contributed by atoms with E-state index in [9.17, 15) is 13.5 Å². The van der Waals surface area contributed by atoms with Crippen LogP contribution in [0, 0.1) is 6.92 Å². The molecule has 0 bridgehead atoms. The summed E-state index contributed by atoms with van der Waals surface area (Å²) in [5.41, 5.74) is 2.02. The largest absolute Gasteiger partial charge is 0.387 e. The molecule has 4 nitrogen and oxygen atoms in total. The van der Waals surface area contributed by atoms with Crippen molar-refractivity contribution in [3.05, 3.63) is 35.4 Å². The molecule has 1 aliphatic carbocycles. The van der Waals surface area contributed by atoms with Crippen molar-refractivity contribution in [1.82, 2.24) is 5.32 Å². The summed E-state index contributed by atoms with van der Waals surface area (Å²) < 4.78 is 23.7. The van der Waals surface area contributed by atoms with E-state index in [2.05, 4.69) is 5.32 Å². The van der Waals surface area contributed by atoms with Crippen molar-refractivity contribution in [2.45, 2.75) is 50.0 Å². The van der Waals surface area contributed by atoms with Gasteiger partial charge in [0.15, 0.2) is 9.84 Å². The topological polar surface area (TPSA) is 66.4 Å². The van der Waals surface area contributed by atoms with Crippen molar-refractivity contribution < 1.29 is 13.5 Å². The van der Waals surface area contributed by atoms with Gasteiger partial charge in [0.2, 0.25) is 0 Å². The fourth-order valence-electron chi connectivity index (χ4n) is 3.01. The van der Waals surface area contributed by atoms with Crippen LogP contribution in [0.25, 0.3) is 0 Å². The number of aliphatic hydroxyl groups is 1. The highest BCUT2D eigenvalue weighted by molar-refractivity contribution is 7.91. The average Bonchev–Trinajstić information content (AvgIpc) is 2.45. The molecule has 0 radical (unpaired) electrons. The Labute approximate surface area is 127 Å². The normalized spacial score (nSPS) is 24.7. The lowest BCUT2D eigenvalue weighted by Gasteiger charge is -2.31. The average molecular weight is 311 g/mol. The molecule has 1 aromatic carbocycles. The summed E-state index contributed by atoms with van der Waals surface area (Å²) >= 11 is 0. The van der Waals surface area contributed by atoms with Crippen molar-refractivity contribution in [1.29, 1.82) is 0 Å². The van der Waals surface area contributed by atoms with E-state index in [0.29, 0.717) is 6.54 Å². The zero-order valence-electron chi connectivity index (χ0n) is 12.7. The highest BCUT2D eigenvalue weighted by atomic mass is 32.2. The first kappa shape index (κ1) is 16.5. The highest BCUT2D eigenvalue weighted by Crippen LogP contribution is 2.24. The van der Waals surface area contributed by atoms with Gasteiger partial charge in [-0.05, 0) is 25.3 Å². The highest BCUT2D eigenvalue weighted by Gasteiger charge is 2.32. The predicted octanol–water partition coefficient (Wildman–Crippen LogP) is 1.97. The molecular formula is C16H25NO3S. The van der Waals surface area contributed by atoms with Gasteiger partial charge in [-0.1, -0.05) is 42.7 Å². The molecule has 21 heavy (non-hydrogen) atoms. The second kappa shape index (κ2) is 6.90. The van der Waals surface area contributed by atoms with E-state index in [1.165, 1.54) is 6.26 Å². The summed E-state index contributed by atoms with van der Waals surface area (Å²) in [6, 6.07) is 7.72. The van der Waals surface area contributed by atoms with Gasteiger partial charge in [-0.2, -0.15) is 0 Å². The van der Waals surface area contributed by atoms with Gasteiger partial charge in [0.25, 0.3) is 0 Å². The number of benzene rings is 1. The van der Waals surface area contributed by atoms with E-state index < -0.39 is 15.9 Å². The Morgan fingerprint density at radius 1 is 1.24 bits per heavy atom. The number of nitrogens with one attached hydrogen (secondary N) is 1. The lowest BCUT2D eigenvalue weighted by atomic mass is 9.94. The molecule has 1 unspecified atom stereocenters. The number of hydrogen-bond donors (Lipinski definition) is 2. The maximum Gasteiger partial charge on any atom is 0.151 e. The lowest BCUT2D eigenvalue weighted by Crippen LogP contribution is -2.47. The summed E-state index contributed by atoms with van der Waals surface area (Å²) in [5.74, 6) is 0. The fourth-order valence-corrected chi connectivity index (χ4v) is 4.44. The molecular weight excluding hydrogens is 286 g/mol. The van der Waals surface area contributed by atoms with Gasteiger partial charge in [-0.25, -0.2) is 8.42 Å². The van der Waals surface area contributed by atoms with Crippen molar-refractivity contribution >= 4 is 9.84 Å². The van der Waals surface area contributed by atoms with Gasteiger partial charge in [0.05, 0.1) is 11.4 Å². The minimum atomic E-state index is -3.04. The summed E-state index contributed by atoms with van der Waals surface area (Å²) in [5, 5.41) is 13.2. The minimum Gasteiger partial charge on any atom is -0.387 e. The minimum absolute atomic E-state index is 0.0474. The summed E-state index contributed by atoms with van der Waals surface area (Å²) in [6.45, 7) is 2.40. The zero-order valence-corrected chi connectivity index (χ0v) is 13.6. The van der Waals surface area contributed by atoms with Crippen LogP contribution in [0.1, 0.15) is 42.9 Å². The molecule has 1 aliphatic rings. The first-order valence-electron chi connectivity index (χ1n) is 7.55. The third kappa shape index (κ3) is 4.53. The van der Waals surface area contributed by atoms with E-state index in [-0.39, 0.29) is 11.3 Å². The second-order valence-electron chi connectivity index (χ2n) is 6.09. The molecule has 2 rings (SSSR count). The smallest absolute Gasteiger partial charge is 0.151 e. The maximum absolute atomic E-state index is 11.8. The molecule has 3 atom stereocenters. The summed E-state index contributed by atoms with van der Waals surface area (Å²) in [7, 11) is -3.04. The van der Waals surface area contributed by atoms with E-state index in [4.69, 9.17) is 0 Å². The van der Waals surface area contributed by atoms with E-state index >= 15 is 0 Å². The van der Waals surface area contributed by atoms with Gasteiger partial charge in [0, 0.05) is 18.8 Å². The molecule has 1 saturated carbocycles. The number of aliphatic hydroxyl groups excluding tert-OH is 1. The van der Waals surface area contributed by atoms with Gasteiger partial charge >= 0.3 is 0 Å². The van der Waals surface area contributed by atoms with Crippen molar-refractivity contribution in [3.63, 3.8) is 0 Å². The number of hydrogen-bond acceptors (Lipinski definition) is 4. The summed E-state index contributed by atoms with van der Waals surface area (Å²) in [4.78, 5) is 0. The monoisotopic (exact) mass is 311 g/mol. The standard InChI is InChI=1S/C16H25NO3S/c1-12-7-9-13(10-8-12)15(18)11-17-14-5-3-4-6-16(14)21(2,19)20/h7-10,14-18H,3-6,11H2,1-2H3/t14-,15?,16-/m1/s1. The first-order chi connectivity index (χ1) is 9.88. The van der Waals surface area contributed by atoms with Crippen LogP contribution in [0.15, 0.2) is 24.3 Å². The van der Waals surface area contributed by atoms with E-state index in [1.807, 2.05) is 31.2 Å². The third-order valence-electron chi connectivity index (χ3n) is 4.29. The fraction of sp³-hybridized carbons (Fsp3) is 0.625. The maximum atomic E-state index is 11.8. The molecule has 0 spiro atoms. The Morgan fingerprint density at radius 2 is 1.86 bits per heavy atom. The van der Waals surface area contributed by atoms with Crippen molar-refractivity contribution in [3.8, 4) is 0 Å². The third-order valence-corrected chi connectivity index (χ3v) is 5.95. The second-order valence-corrected chi connectivity index (χ2v) is 8.36. The molecule has 5 heteroatoms. The molecule has 0 aromatic heterocycles. The molecule has 2 N–H and O–H groups in total. The van der Waals surface area contributed by atoms with Crippen LogP contribution in [0.4, 0.5) is 0 Å². The van der Waals surface area contributed by atoms with Crippen LogP contribution >= 0.6 is 0 Å². The van der Waals surface area contributed by atoms with E-state index in [0.717, 1.165) is 36.8 Å². The van der Waals surface area contributed by atoms with Gasteiger partial charge < -0.3 is 10.4 Å². The predicted molar refractivity (Wildman–Crippen MR) is 85.0 cm³/mol. The Kier molecular flexibility index (Phi) is 5.41. The molecule has 0 amide bonds. The van der Waals surface area contributed by atoms with Crippen molar-refractivity contribution in [2.24, 2.45) is 0 Å². The lowest BCUT2D eigenvalue weighted by molar-refractivity contribution is 0.166. The molecule has 118 valence electrons. The molecule has 0 heterocycles. The quantitative estimate of drug-likeness (QED) is 0.872. The van der Waals surface area contributed by atoms with Crippen molar-refractivity contribution in [2.75, 3.05) is 12.8 Å². The van der Waals surface area contributed by atoms with Crippen LogP contribution in [0.2, 0.25) is 0 Å². The number of rotatable bonds is 5. The number of aryl methyl sites for hydroxylation is 1. The zero-order chi connectivity index (χ0) is 15.5. The van der Waals surface area contributed by atoms with Crippen LogP contribution in [0.3, 0.4) is 0 Å². The molecule has 1 aromatic rings. The SMILES string of the molecule is Cc1ccc(C(O)CN[C@@H]2CCCC[C@H]2S(C)(=O)=O)cc1. The van der Waals surface area contributed by atoms with Gasteiger partial charge in [-0.15, -0.1) is 0 Å². The van der Waals surface area contributed by atoms with Crippen LogP contribution in [-0.2, 0) is 9.84 Å². The van der Waals surface area contributed by atoms with Gasteiger partial charge in [-0.3, -0.25) is 0 Å². The Balaban J connectivity index is 1.96. The molecule has 0 aliphatic heterocycles. The van der Waals surface area contributed by atoms with Crippen LogP contribution in [0.5, 0.6) is 0 Å². The number of sulfone groups is 1. The summed E-state index contributed by atoms with van der Waals surface area (Å²) in [6.07, 6.45) is 4.30. The van der Waals surface area contributed by atoms with Crippen LogP contribution in [-0.4, -0.2) is 37.6 Å². The Bertz CT molecular complexity index is 553. The van der Waals surface area contributed by atoms with E-state index in [1.54, 1.807) is 0 Å². The van der Waals surface area contributed by atoms with Gasteiger partial charge in [0.1, 0.15) is 0 Å². The molecule has 0 saturated heterocycles.